The van der Waals surface area contributed by atoms with Crippen LogP contribution >= 0.6 is 0 Å². The minimum absolute atomic E-state index is 0.330. The molecule has 3 heteroatoms. The summed E-state index contributed by atoms with van der Waals surface area (Å²) in [4.78, 5) is 2.36. The van der Waals surface area contributed by atoms with Gasteiger partial charge in [-0.2, -0.15) is 0 Å². The van der Waals surface area contributed by atoms with Crippen molar-refractivity contribution in [2.45, 2.75) is 13.0 Å². The van der Waals surface area contributed by atoms with E-state index in [1.807, 2.05) is 12.1 Å². The first kappa shape index (κ1) is 9.34. The van der Waals surface area contributed by atoms with Crippen molar-refractivity contribution in [2.75, 3.05) is 24.5 Å². The molecule has 1 fully saturated rings. The van der Waals surface area contributed by atoms with Gasteiger partial charge in [-0.25, -0.2) is 0 Å². The fourth-order valence-corrected chi connectivity index (χ4v) is 1.87. The van der Waals surface area contributed by atoms with Gasteiger partial charge in [0.2, 0.25) is 0 Å². The number of phenolic OH excluding ortho intramolecular Hbond substituents is 1. The molecule has 1 atom stereocenters. The summed E-state index contributed by atoms with van der Waals surface area (Å²) in [6.45, 7) is 5.30. The van der Waals surface area contributed by atoms with Gasteiger partial charge >= 0.3 is 0 Å². The Labute approximate surface area is 84.4 Å². The molecule has 0 amide bonds. The van der Waals surface area contributed by atoms with Crippen LogP contribution < -0.4 is 10.2 Å². The molecular weight excluding hydrogens is 176 g/mol. The van der Waals surface area contributed by atoms with Gasteiger partial charge in [0.1, 0.15) is 5.75 Å². The van der Waals surface area contributed by atoms with Crippen molar-refractivity contribution >= 4 is 5.69 Å². The number of aromatic hydroxyl groups is 1. The highest BCUT2D eigenvalue weighted by molar-refractivity contribution is 5.50. The largest absolute Gasteiger partial charge is 0.508 e. The lowest BCUT2D eigenvalue weighted by Gasteiger charge is -2.35. The number of piperazine rings is 1. The summed E-state index contributed by atoms with van der Waals surface area (Å²) in [5, 5.41) is 12.5. The van der Waals surface area contributed by atoms with E-state index in [1.54, 1.807) is 12.1 Å². The maximum atomic E-state index is 9.19. The van der Waals surface area contributed by atoms with Gasteiger partial charge in [0.15, 0.2) is 0 Å². The van der Waals surface area contributed by atoms with Crippen molar-refractivity contribution < 1.29 is 5.11 Å². The molecule has 1 aromatic rings. The topological polar surface area (TPSA) is 35.5 Å². The summed E-state index contributed by atoms with van der Waals surface area (Å²) >= 11 is 0. The summed E-state index contributed by atoms with van der Waals surface area (Å²) in [5.41, 5.74) is 1.19. The first-order valence-corrected chi connectivity index (χ1v) is 5.04. The lowest BCUT2D eigenvalue weighted by molar-refractivity contribution is 0.474. The average Bonchev–Trinajstić information content (AvgIpc) is 2.20. The standard InChI is InChI=1S/C11H16N2O/c1-9-8-12-6-7-13(9)10-2-4-11(14)5-3-10/h2-5,9,12,14H,6-8H2,1H3/t9-/m0/s1. The molecule has 2 N–H and O–H groups in total. The highest BCUT2D eigenvalue weighted by Gasteiger charge is 2.17. The van der Waals surface area contributed by atoms with Crippen LogP contribution in [0, 0.1) is 0 Å². The van der Waals surface area contributed by atoms with Gasteiger partial charge in [0.25, 0.3) is 0 Å². The Hall–Kier alpha value is -1.22. The van der Waals surface area contributed by atoms with Crippen molar-refractivity contribution in [2.24, 2.45) is 0 Å². The number of hydrogen-bond acceptors (Lipinski definition) is 3. The van der Waals surface area contributed by atoms with Gasteiger partial charge in [0, 0.05) is 31.4 Å². The molecule has 1 aromatic carbocycles. The minimum atomic E-state index is 0.330. The molecule has 0 radical (unpaired) electrons. The van der Waals surface area contributed by atoms with Gasteiger partial charge in [0.05, 0.1) is 0 Å². The lowest BCUT2D eigenvalue weighted by atomic mass is 10.2. The van der Waals surface area contributed by atoms with E-state index in [4.69, 9.17) is 0 Å². The summed E-state index contributed by atoms with van der Waals surface area (Å²) in [6.07, 6.45) is 0. The second-order valence-corrected chi connectivity index (χ2v) is 3.76. The highest BCUT2D eigenvalue weighted by Crippen LogP contribution is 2.20. The van der Waals surface area contributed by atoms with Crippen molar-refractivity contribution in [3.05, 3.63) is 24.3 Å². The molecule has 0 aromatic heterocycles. The van der Waals surface area contributed by atoms with Crippen LogP contribution in [0.3, 0.4) is 0 Å². The monoisotopic (exact) mass is 192 g/mol. The molecule has 0 unspecified atom stereocenters. The number of nitrogens with zero attached hydrogens (tertiary/aromatic N) is 1. The molecule has 1 aliphatic rings. The molecule has 1 saturated heterocycles. The number of rotatable bonds is 1. The number of hydrogen-bond donors (Lipinski definition) is 2. The predicted molar refractivity (Wildman–Crippen MR) is 57.8 cm³/mol. The number of nitrogens with one attached hydrogen (secondary N) is 1. The smallest absolute Gasteiger partial charge is 0.115 e. The Morgan fingerprint density at radius 2 is 2.07 bits per heavy atom. The second-order valence-electron chi connectivity index (χ2n) is 3.76. The quantitative estimate of drug-likeness (QED) is 0.701. The third-order valence-electron chi connectivity index (χ3n) is 2.68. The van der Waals surface area contributed by atoms with E-state index >= 15 is 0 Å². The van der Waals surface area contributed by atoms with Gasteiger partial charge in [-0.05, 0) is 31.2 Å². The van der Waals surface area contributed by atoms with E-state index in [2.05, 4.69) is 17.1 Å². The van der Waals surface area contributed by atoms with Crippen LogP contribution in [-0.4, -0.2) is 30.8 Å². The molecule has 3 nitrogen and oxygen atoms in total. The second kappa shape index (κ2) is 3.88. The van der Waals surface area contributed by atoms with Crippen LogP contribution in [0.15, 0.2) is 24.3 Å². The summed E-state index contributed by atoms with van der Waals surface area (Å²) < 4.78 is 0. The molecule has 0 saturated carbocycles. The molecule has 0 spiro atoms. The first-order chi connectivity index (χ1) is 6.77. The summed E-state index contributed by atoms with van der Waals surface area (Å²) in [7, 11) is 0. The number of anilines is 1. The fourth-order valence-electron chi connectivity index (χ4n) is 1.87. The number of benzene rings is 1. The Kier molecular flexibility index (Phi) is 2.59. The van der Waals surface area contributed by atoms with Crippen LogP contribution in [0.25, 0.3) is 0 Å². The third-order valence-corrected chi connectivity index (χ3v) is 2.68. The van der Waals surface area contributed by atoms with E-state index in [9.17, 15) is 5.11 Å². The zero-order valence-corrected chi connectivity index (χ0v) is 8.40. The summed E-state index contributed by atoms with van der Waals surface area (Å²) in [6, 6.07) is 7.94. The molecule has 0 aliphatic carbocycles. The molecule has 14 heavy (non-hydrogen) atoms. The van der Waals surface area contributed by atoms with E-state index in [-0.39, 0.29) is 0 Å². The molecule has 1 aliphatic heterocycles. The summed E-state index contributed by atoms with van der Waals surface area (Å²) in [5.74, 6) is 0.330. The van der Waals surface area contributed by atoms with Crippen LogP contribution in [0.4, 0.5) is 5.69 Å². The van der Waals surface area contributed by atoms with Crippen molar-refractivity contribution in [1.82, 2.24) is 5.32 Å². The SMILES string of the molecule is C[C@H]1CNCCN1c1ccc(O)cc1. The zero-order valence-electron chi connectivity index (χ0n) is 8.40. The third kappa shape index (κ3) is 1.82. The molecular formula is C11H16N2O. The maximum Gasteiger partial charge on any atom is 0.115 e. The highest BCUT2D eigenvalue weighted by atomic mass is 16.3. The molecule has 2 rings (SSSR count). The predicted octanol–water partition coefficient (Wildman–Crippen LogP) is 1.19. The van der Waals surface area contributed by atoms with Crippen molar-refractivity contribution in [1.29, 1.82) is 0 Å². The Balaban J connectivity index is 2.16. The van der Waals surface area contributed by atoms with Crippen molar-refractivity contribution in [3.8, 4) is 5.75 Å². The zero-order chi connectivity index (χ0) is 9.97. The van der Waals surface area contributed by atoms with E-state index in [0.29, 0.717) is 11.8 Å². The molecule has 76 valence electrons. The molecule has 0 bridgehead atoms. The van der Waals surface area contributed by atoms with Gasteiger partial charge in [-0.15, -0.1) is 0 Å². The Morgan fingerprint density at radius 1 is 1.36 bits per heavy atom. The van der Waals surface area contributed by atoms with Crippen molar-refractivity contribution in [3.63, 3.8) is 0 Å². The maximum absolute atomic E-state index is 9.19. The van der Waals surface area contributed by atoms with Gasteiger partial charge < -0.3 is 15.3 Å². The van der Waals surface area contributed by atoms with Crippen LogP contribution in [-0.2, 0) is 0 Å². The fraction of sp³-hybridized carbons (Fsp3) is 0.455. The first-order valence-electron chi connectivity index (χ1n) is 5.04. The molecule has 1 heterocycles. The normalized spacial score (nSPS) is 22.4. The van der Waals surface area contributed by atoms with Crippen LogP contribution in [0.1, 0.15) is 6.92 Å². The number of phenols is 1. The Bertz CT molecular complexity index is 297. The van der Waals surface area contributed by atoms with Gasteiger partial charge in [-0.3, -0.25) is 0 Å². The van der Waals surface area contributed by atoms with E-state index in [1.165, 1.54) is 5.69 Å². The lowest BCUT2D eigenvalue weighted by Crippen LogP contribution is -2.49. The van der Waals surface area contributed by atoms with Gasteiger partial charge in [-0.1, -0.05) is 0 Å². The average molecular weight is 192 g/mol. The minimum Gasteiger partial charge on any atom is -0.508 e. The van der Waals surface area contributed by atoms with Crippen LogP contribution in [0.2, 0.25) is 0 Å². The van der Waals surface area contributed by atoms with E-state index < -0.39 is 0 Å². The van der Waals surface area contributed by atoms with E-state index in [0.717, 1.165) is 19.6 Å². The van der Waals surface area contributed by atoms with Crippen LogP contribution in [0.5, 0.6) is 5.75 Å². The Morgan fingerprint density at radius 3 is 2.71 bits per heavy atom.